The van der Waals surface area contributed by atoms with Gasteiger partial charge in [-0.15, -0.1) is 0 Å². The summed E-state index contributed by atoms with van der Waals surface area (Å²) in [6.07, 6.45) is 0.973. The molecule has 0 radical (unpaired) electrons. The van der Waals surface area contributed by atoms with E-state index in [1.807, 2.05) is 12.1 Å². The molecule has 2 N–H and O–H groups in total. The average Bonchev–Trinajstić information content (AvgIpc) is 2.56. The summed E-state index contributed by atoms with van der Waals surface area (Å²) in [5.41, 5.74) is 1.23. The van der Waals surface area contributed by atoms with Gasteiger partial charge in [0.25, 0.3) is 0 Å². The Morgan fingerprint density at radius 1 is 1.20 bits per heavy atom. The van der Waals surface area contributed by atoms with E-state index in [1.165, 1.54) is 18.2 Å². The molecule has 134 valence electrons. The highest BCUT2D eigenvalue weighted by Gasteiger charge is 2.06. The zero-order chi connectivity index (χ0) is 18.2. The molecule has 2 aromatic carbocycles. The van der Waals surface area contributed by atoms with Gasteiger partial charge in [0.15, 0.2) is 0 Å². The molecule has 0 fully saturated rings. The van der Waals surface area contributed by atoms with Crippen LogP contribution in [0.3, 0.4) is 0 Å². The van der Waals surface area contributed by atoms with Crippen LogP contribution in [0.15, 0.2) is 42.5 Å². The van der Waals surface area contributed by atoms with Crippen molar-refractivity contribution < 1.29 is 13.9 Å². The van der Waals surface area contributed by atoms with Gasteiger partial charge >= 0.3 is 0 Å². The van der Waals surface area contributed by atoms with Crippen molar-refractivity contribution in [1.82, 2.24) is 0 Å². The lowest BCUT2D eigenvalue weighted by molar-refractivity contribution is -0.114. The topological polar surface area (TPSA) is 50.4 Å². The molecule has 2 aromatic rings. The van der Waals surface area contributed by atoms with E-state index in [9.17, 15) is 9.18 Å². The molecular formula is C19H22ClFN2O2. The zero-order valence-corrected chi connectivity index (χ0v) is 15.1. The van der Waals surface area contributed by atoms with Gasteiger partial charge in [0, 0.05) is 17.4 Å². The highest BCUT2D eigenvalue weighted by atomic mass is 35.5. The third-order valence-electron chi connectivity index (χ3n) is 3.45. The first-order chi connectivity index (χ1) is 11.9. The second-order valence-corrected chi connectivity index (χ2v) is 6.50. The van der Waals surface area contributed by atoms with Gasteiger partial charge in [0.2, 0.25) is 5.91 Å². The molecule has 6 heteroatoms. The largest absolute Gasteiger partial charge is 0.494 e. The number of benzene rings is 2. The highest BCUT2D eigenvalue weighted by molar-refractivity contribution is 6.31. The first-order valence-electron chi connectivity index (χ1n) is 8.15. The Hall–Kier alpha value is -2.27. The van der Waals surface area contributed by atoms with Crippen LogP contribution in [0.2, 0.25) is 5.02 Å². The van der Waals surface area contributed by atoms with Crippen LogP contribution in [0.25, 0.3) is 0 Å². The van der Waals surface area contributed by atoms with Gasteiger partial charge in [0.1, 0.15) is 11.6 Å². The maximum absolute atomic E-state index is 13.1. The van der Waals surface area contributed by atoms with Gasteiger partial charge in [0.05, 0.1) is 18.2 Å². The zero-order valence-electron chi connectivity index (χ0n) is 14.3. The fourth-order valence-corrected chi connectivity index (χ4v) is 2.25. The van der Waals surface area contributed by atoms with Crippen LogP contribution >= 0.6 is 11.6 Å². The van der Waals surface area contributed by atoms with Crippen molar-refractivity contribution in [2.75, 3.05) is 23.8 Å². The maximum atomic E-state index is 13.1. The van der Waals surface area contributed by atoms with Gasteiger partial charge in [-0.25, -0.2) is 4.39 Å². The van der Waals surface area contributed by atoms with Crippen LogP contribution in [0.4, 0.5) is 15.8 Å². The van der Waals surface area contributed by atoms with Gasteiger partial charge in [-0.1, -0.05) is 31.5 Å². The summed E-state index contributed by atoms with van der Waals surface area (Å²) in [6, 6.07) is 11.5. The van der Waals surface area contributed by atoms with Crippen LogP contribution in [0.1, 0.15) is 20.3 Å². The number of amides is 1. The molecular weight excluding hydrogens is 343 g/mol. The molecule has 0 aromatic heterocycles. The lowest BCUT2D eigenvalue weighted by Crippen LogP contribution is -2.21. The van der Waals surface area contributed by atoms with E-state index in [2.05, 4.69) is 24.5 Å². The minimum atomic E-state index is -0.494. The van der Waals surface area contributed by atoms with E-state index < -0.39 is 5.82 Å². The molecule has 0 heterocycles. The monoisotopic (exact) mass is 364 g/mol. The fourth-order valence-electron chi connectivity index (χ4n) is 2.07. The number of hydrogen-bond acceptors (Lipinski definition) is 3. The normalized spacial score (nSPS) is 10.6. The summed E-state index contributed by atoms with van der Waals surface area (Å²) in [7, 11) is 0. The van der Waals surface area contributed by atoms with Crippen molar-refractivity contribution in [3.63, 3.8) is 0 Å². The summed E-state index contributed by atoms with van der Waals surface area (Å²) in [6.45, 7) is 4.96. The van der Waals surface area contributed by atoms with Crippen LogP contribution in [0, 0.1) is 11.7 Å². The van der Waals surface area contributed by atoms with Crippen LogP contribution < -0.4 is 15.4 Å². The molecule has 2 rings (SSSR count). The van der Waals surface area contributed by atoms with E-state index in [-0.39, 0.29) is 17.5 Å². The lowest BCUT2D eigenvalue weighted by atomic mass is 10.1. The van der Waals surface area contributed by atoms with Crippen LogP contribution in [-0.4, -0.2) is 19.1 Å². The Morgan fingerprint density at radius 2 is 2.00 bits per heavy atom. The Balaban J connectivity index is 1.84. The van der Waals surface area contributed by atoms with Crippen molar-refractivity contribution >= 4 is 28.9 Å². The molecule has 0 aliphatic rings. The molecule has 0 atom stereocenters. The smallest absolute Gasteiger partial charge is 0.243 e. The SMILES string of the molecule is CC(C)CCOc1cccc(NC(=O)CNc2ccc(F)c(Cl)c2)c1. The first kappa shape index (κ1) is 19.1. The van der Waals surface area contributed by atoms with Gasteiger partial charge in [-0.2, -0.15) is 0 Å². The van der Waals surface area contributed by atoms with Crippen molar-refractivity contribution in [2.45, 2.75) is 20.3 Å². The predicted molar refractivity (Wildman–Crippen MR) is 99.9 cm³/mol. The second kappa shape index (κ2) is 9.28. The van der Waals surface area contributed by atoms with Gasteiger partial charge in [-0.3, -0.25) is 4.79 Å². The molecule has 4 nitrogen and oxygen atoms in total. The number of anilines is 2. The van der Waals surface area contributed by atoms with Gasteiger partial charge in [-0.05, 0) is 42.7 Å². The second-order valence-electron chi connectivity index (χ2n) is 6.09. The van der Waals surface area contributed by atoms with E-state index in [0.29, 0.717) is 23.9 Å². The van der Waals surface area contributed by atoms with Crippen molar-refractivity contribution in [2.24, 2.45) is 5.92 Å². The third-order valence-corrected chi connectivity index (χ3v) is 3.74. The van der Waals surface area contributed by atoms with Crippen molar-refractivity contribution in [3.8, 4) is 5.75 Å². The summed E-state index contributed by atoms with van der Waals surface area (Å²) < 4.78 is 18.8. The molecule has 0 aliphatic heterocycles. The Morgan fingerprint density at radius 3 is 2.72 bits per heavy atom. The number of rotatable bonds is 8. The Kier molecular flexibility index (Phi) is 7.07. The quantitative estimate of drug-likeness (QED) is 0.696. The maximum Gasteiger partial charge on any atom is 0.243 e. The average molecular weight is 365 g/mol. The predicted octanol–water partition coefficient (Wildman–Crippen LogP) is 4.95. The minimum Gasteiger partial charge on any atom is -0.494 e. The lowest BCUT2D eigenvalue weighted by Gasteiger charge is -2.11. The number of ether oxygens (including phenoxy) is 1. The van der Waals surface area contributed by atoms with Crippen molar-refractivity contribution in [1.29, 1.82) is 0 Å². The Labute approximate surface area is 152 Å². The summed E-state index contributed by atoms with van der Waals surface area (Å²) >= 11 is 5.71. The molecule has 0 aliphatic carbocycles. The minimum absolute atomic E-state index is 0.0108. The fraction of sp³-hybridized carbons (Fsp3) is 0.316. The summed E-state index contributed by atoms with van der Waals surface area (Å²) in [5, 5.41) is 5.70. The molecule has 1 amide bonds. The number of carbonyl (C=O) groups excluding carboxylic acids is 1. The number of hydrogen-bond donors (Lipinski definition) is 2. The number of nitrogens with one attached hydrogen (secondary N) is 2. The Bertz CT molecular complexity index is 722. The number of carbonyl (C=O) groups is 1. The van der Waals surface area contributed by atoms with E-state index in [1.54, 1.807) is 12.1 Å². The molecule has 25 heavy (non-hydrogen) atoms. The number of halogens is 2. The van der Waals surface area contributed by atoms with E-state index in [4.69, 9.17) is 16.3 Å². The first-order valence-corrected chi connectivity index (χ1v) is 8.53. The van der Waals surface area contributed by atoms with Crippen LogP contribution in [-0.2, 0) is 4.79 Å². The van der Waals surface area contributed by atoms with E-state index >= 15 is 0 Å². The van der Waals surface area contributed by atoms with Crippen molar-refractivity contribution in [3.05, 3.63) is 53.3 Å². The molecule has 0 saturated heterocycles. The van der Waals surface area contributed by atoms with E-state index in [0.717, 1.165) is 12.2 Å². The standard InChI is InChI=1S/C19H22ClFN2O2/c1-13(2)8-9-25-16-5-3-4-15(10-16)23-19(24)12-22-14-6-7-18(21)17(20)11-14/h3-7,10-11,13,22H,8-9,12H2,1-2H3,(H,23,24). The summed E-state index contributed by atoms with van der Waals surface area (Å²) in [4.78, 5) is 12.0. The molecule has 0 unspecified atom stereocenters. The third kappa shape index (κ3) is 6.63. The van der Waals surface area contributed by atoms with Crippen LogP contribution in [0.5, 0.6) is 5.75 Å². The molecule has 0 bridgehead atoms. The van der Waals surface area contributed by atoms with Gasteiger partial charge < -0.3 is 15.4 Å². The molecule has 0 saturated carbocycles. The highest BCUT2D eigenvalue weighted by Crippen LogP contribution is 2.20. The summed E-state index contributed by atoms with van der Waals surface area (Å²) in [5.74, 6) is 0.580. The molecule has 0 spiro atoms.